The molecule has 1 heterocycles. The van der Waals surface area contributed by atoms with E-state index in [-0.39, 0.29) is 17.9 Å². The van der Waals surface area contributed by atoms with Gasteiger partial charge in [0.1, 0.15) is 19.0 Å². The first-order valence-electron chi connectivity index (χ1n) is 6.39. The fourth-order valence-corrected chi connectivity index (χ4v) is 1.87. The predicted molar refractivity (Wildman–Crippen MR) is 72.3 cm³/mol. The number of nitrogens with zero attached hydrogens (tertiary/aromatic N) is 1. The molecule has 0 fully saturated rings. The van der Waals surface area contributed by atoms with Gasteiger partial charge >= 0.3 is 0 Å². The molecule has 0 bridgehead atoms. The summed E-state index contributed by atoms with van der Waals surface area (Å²) in [6, 6.07) is 2.87. The summed E-state index contributed by atoms with van der Waals surface area (Å²) in [6.45, 7) is 6.14. The third-order valence-electron chi connectivity index (χ3n) is 3.13. The quantitative estimate of drug-likeness (QED) is 0.627. The van der Waals surface area contributed by atoms with Gasteiger partial charge in [-0.1, -0.05) is 20.8 Å². The molecule has 1 aliphatic heterocycles. The molecule has 0 N–H and O–H groups in total. The van der Waals surface area contributed by atoms with E-state index in [0.29, 0.717) is 30.3 Å². The number of hydrogen-bond donors (Lipinski definition) is 0. The van der Waals surface area contributed by atoms with E-state index >= 15 is 0 Å². The summed E-state index contributed by atoms with van der Waals surface area (Å²) < 4.78 is 10.7. The molecule has 0 spiro atoms. The lowest BCUT2D eigenvalue weighted by atomic mass is 9.86. The van der Waals surface area contributed by atoms with Crippen LogP contribution in [0, 0.1) is 15.5 Å². The van der Waals surface area contributed by atoms with Crippen molar-refractivity contribution in [2.24, 2.45) is 5.41 Å². The molecule has 1 aromatic rings. The van der Waals surface area contributed by atoms with Crippen LogP contribution in [0.5, 0.6) is 11.5 Å². The predicted octanol–water partition coefficient (Wildman–Crippen LogP) is 2.52. The summed E-state index contributed by atoms with van der Waals surface area (Å²) >= 11 is 0. The topological polar surface area (TPSA) is 78.7 Å². The highest BCUT2D eigenvalue weighted by molar-refractivity contribution is 5.86. The van der Waals surface area contributed by atoms with Crippen LogP contribution < -0.4 is 9.47 Å². The van der Waals surface area contributed by atoms with E-state index in [0.717, 1.165) is 0 Å². The Kier molecular flexibility index (Phi) is 3.65. The molecule has 2 rings (SSSR count). The Morgan fingerprint density at radius 2 is 1.80 bits per heavy atom. The normalized spacial score (nSPS) is 13.9. The SMILES string of the molecule is CC(C)(C)C(=O)Cc1cc2c(cc1[N+](=O)[O-])OCCO2. The number of fused-ring (bicyclic) bond motifs is 1. The van der Waals surface area contributed by atoms with E-state index in [1.165, 1.54) is 12.1 Å². The van der Waals surface area contributed by atoms with Gasteiger partial charge in [-0.15, -0.1) is 0 Å². The van der Waals surface area contributed by atoms with Crippen LogP contribution in [0.1, 0.15) is 26.3 Å². The molecule has 108 valence electrons. The zero-order chi connectivity index (χ0) is 14.9. The lowest BCUT2D eigenvalue weighted by Crippen LogP contribution is -2.23. The Labute approximate surface area is 116 Å². The van der Waals surface area contributed by atoms with Crippen LogP contribution in [0.3, 0.4) is 0 Å². The molecule has 0 aromatic heterocycles. The van der Waals surface area contributed by atoms with Gasteiger partial charge in [-0.25, -0.2) is 0 Å². The van der Waals surface area contributed by atoms with Crippen molar-refractivity contribution >= 4 is 11.5 Å². The zero-order valence-electron chi connectivity index (χ0n) is 11.8. The summed E-state index contributed by atoms with van der Waals surface area (Å²) in [4.78, 5) is 22.7. The molecular weight excluding hydrogens is 262 g/mol. The molecular formula is C14H17NO5. The fourth-order valence-electron chi connectivity index (χ4n) is 1.87. The van der Waals surface area contributed by atoms with E-state index < -0.39 is 10.3 Å². The second-order valence-electron chi connectivity index (χ2n) is 5.73. The van der Waals surface area contributed by atoms with Gasteiger partial charge in [0.25, 0.3) is 5.69 Å². The zero-order valence-corrected chi connectivity index (χ0v) is 11.8. The monoisotopic (exact) mass is 279 g/mol. The van der Waals surface area contributed by atoms with Crippen LogP contribution in [0.2, 0.25) is 0 Å². The summed E-state index contributed by atoms with van der Waals surface area (Å²) in [7, 11) is 0. The Bertz CT molecular complexity index is 559. The van der Waals surface area contributed by atoms with Gasteiger partial charge in [0, 0.05) is 17.4 Å². The van der Waals surface area contributed by atoms with Crippen LogP contribution in [0.4, 0.5) is 5.69 Å². The van der Waals surface area contributed by atoms with Crippen LogP contribution in [0.15, 0.2) is 12.1 Å². The van der Waals surface area contributed by atoms with Gasteiger partial charge in [0.15, 0.2) is 11.5 Å². The molecule has 0 aliphatic carbocycles. The third-order valence-corrected chi connectivity index (χ3v) is 3.13. The van der Waals surface area contributed by atoms with Gasteiger partial charge in [-0.2, -0.15) is 0 Å². The first-order valence-corrected chi connectivity index (χ1v) is 6.39. The van der Waals surface area contributed by atoms with Crippen LogP contribution in [-0.2, 0) is 11.2 Å². The van der Waals surface area contributed by atoms with Crippen LogP contribution in [0.25, 0.3) is 0 Å². The number of benzene rings is 1. The minimum absolute atomic E-state index is 0.0104. The van der Waals surface area contributed by atoms with Crippen molar-refractivity contribution in [1.82, 2.24) is 0 Å². The van der Waals surface area contributed by atoms with Crippen molar-refractivity contribution in [3.8, 4) is 11.5 Å². The maximum atomic E-state index is 12.1. The van der Waals surface area contributed by atoms with Crippen molar-refractivity contribution in [2.75, 3.05) is 13.2 Å². The molecule has 0 saturated heterocycles. The second-order valence-corrected chi connectivity index (χ2v) is 5.73. The second kappa shape index (κ2) is 5.11. The van der Waals surface area contributed by atoms with Gasteiger partial charge in [0.2, 0.25) is 0 Å². The van der Waals surface area contributed by atoms with Crippen molar-refractivity contribution in [1.29, 1.82) is 0 Å². The average molecular weight is 279 g/mol. The highest BCUT2D eigenvalue weighted by atomic mass is 16.6. The molecule has 0 unspecified atom stereocenters. The Morgan fingerprint density at radius 1 is 1.25 bits per heavy atom. The minimum atomic E-state index is -0.541. The standard InChI is InChI=1S/C14H17NO5/c1-14(2,3)13(16)7-9-6-11-12(20-5-4-19-11)8-10(9)15(17)18/h6,8H,4-5,7H2,1-3H3. The van der Waals surface area contributed by atoms with E-state index in [1.54, 1.807) is 20.8 Å². The summed E-state index contributed by atoms with van der Waals surface area (Å²) in [6.07, 6.45) is 0.0104. The highest BCUT2D eigenvalue weighted by Gasteiger charge is 2.27. The number of rotatable bonds is 3. The first-order chi connectivity index (χ1) is 9.29. The Hall–Kier alpha value is -2.11. The molecule has 0 amide bonds. The first kappa shape index (κ1) is 14.3. The van der Waals surface area contributed by atoms with Crippen LogP contribution in [-0.4, -0.2) is 23.9 Å². The van der Waals surface area contributed by atoms with Gasteiger partial charge in [-0.3, -0.25) is 14.9 Å². The Morgan fingerprint density at radius 3 is 2.30 bits per heavy atom. The lowest BCUT2D eigenvalue weighted by molar-refractivity contribution is -0.385. The molecule has 6 nitrogen and oxygen atoms in total. The molecule has 1 aliphatic rings. The fraction of sp³-hybridized carbons (Fsp3) is 0.500. The smallest absolute Gasteiger partial charge is 0.277 e. The van der Waals surface area contributed by atoms with Crippen molar-refractivity contribution < 1.29 is 19.2 Å². The van der Waals surface area contributed by atoms with E-state index in [4.69, 9.17) is 9.47 Å². The number of nitro benzene ring substituents is 1. The summed E-state index contributed by atoms with van der Waals surface area (Å²) in [5, 5.41) is 11.1. The minimum Gasteiger partial charge on any atom is -0.486 e. The number of Topliss-reactive ketones (excluding diaryl/α,β-unsaturated/α-hetero) is 1. The maximum absolute atomic E-state index is 12.1. The molecule has 0 atom stereocenters. The largest absolute Gasteiger partial charge is 0.486 e. The van der Waals surface area contributed by atoms with E-state index in [9.17, 15) is 14.9 Å². The number of ether oxygens (including phenoxy) is 2. The lowest BCUT2D eigenvalue weighted by Gasteiger charge is -2.20. The molecule has 6 heteroatoms. The average Bonchev–Trinajstić information content (AvgIpc) is 2.36. The number of nitro groups is 1. The van der Waals surface area contributed by atoms with Crippen LogP contribution >= 0.6 is 0 Å². The number of carbonyl (C=O) groups excluding carboxylic acids is 1. The summed E-state index contributed by atoms with van der Waals surface area (Å²) in [5.74, 6) is 0.755. The van der Waals surface area contributed by atoms with Gasteiger partial charge in [0.05, 0.1) is 11.0 Å². The molecule has 20 heavy (non-hydrogen) atoms. The third kappa shape index (κ3) is 2.89. The molecule has 0 saturated carbocycles. The van der Waals surface area contributed by atoms with E-state index in [1.807, 2.05) is 0 Å². The van der Waals surface area contributed by atoms with Crippen molar-refractivity contribution in [3.05, 3.63) is 27.8 Å². The Balaban J connectivity index is 2.40. The summed E-state index contributed by atoms with van der Waals surface area (Å²) in [5.41, 5.74) is -0.285. The van der Waals surface area contributed by atoms with Gasteiger partial charge in [-0.05, 0) is 6.07 Å². The number of hydrogen-bond acceptors (Lipinski definition) is 5. The number of ketones is 1. The number of carbonyl (C=O) groups is 1. The highest BCUT2D eigenvalue weighted by Crippen LogP contribution is 2.37. The van der Waals surface area contributed by atoms with Crippen molar-refractivity contribution in [3.63, 3.8) is 0 Å². The van der Waals surface area contributed by atoms with E-state index in [2.05, 4.69) is 0 Å². The molecule has 0 radical (unpaired) electrons. The molecule has 1 aromatic carbocycles. The van der Waals surface area contributed by atoms with Crippen molar-refractivity contribution in [2.45, 2.75) is 27.2 Å². The van der Waals surface area contributed by atoms with Gasteiger partial charge < -0.3 is 9.47 Å². The maximum Gasteiger partial charge on any atom is 0.277 e.